The number of nitro groups is 2. The van der Waals surface area contributed by atoms with Gasteiger partial charge in [-0.15, -0.1) is 0 Å². The van der Waals surface area contributed by atoms with Gasteiger partial charge in [-0.2, -0.15) is 0 Å². The number of hydrogen-bond donors (Lipinski definition) is 0. The van der Waals surface area contributed by atoms with Gasteiger partial charge in [-0.05, 0) is 6.07 Å². The molecule has 3 rings (SSSR count). The number of ether oxygens (including phenoxy) is 2. The van der Waals surface area contributed by atoms with Gasteiger partial charge in [0.2, 0.25) is 0 Å². The lowest BCUT2D eigenvalue weighted by Gasteiger charge is -2.38. The molecule has 0 bridgehead atoms. The second kappa shape index (κ2) is 5.50. The number of benzene rings is 1. The van der Waals surface area contributed by atoms with Crippen LogP contribution in [-0.4, -0.2) is 41.9 Å². The Hall–Kier alpha value is -2.26. The summed E-state index contributed by atoms with van der Waals surface area (Å²) in [6.07, 6.45) is 1.22. The molecule has 2 saturated heterocycles. The van der Waals surface area contributed by atoms with Gasteiger partial charge in [0.25, 0.3) is 11.4 Å². The van der Waals surface area contributed by atoms with Crippen molar-refractivity contribution in [3.63, 3.8) is 0 Å². The average Bonchev–Trinajstić information content (AvgIpc) is 2.95. The first kappa shape index (κ1) is 14.7. The predicted octanol–water partition coefficient (Wildman–Crippen LogP) is 1.85. The van der Waals surface area contributed by atoms with Crippen molar-refractivity contribution in [3.8, 4) is 0 Å². The molecule has 2 aliphatic rings. The standard InChI is InChI=1S/C13H15N3O6/c17-15(18)10-1-2-11(12(9-10)16(19)20)14-5-3-13(4-6-14)21-7-8-22-13/h1-2,9H,3-8H2. The van der Waals surface area contributed by atoms with E-state index in [4.69, 9.17) is 9.47 Å². The van der Waals surface area contributed by atoms with Crippen LogP contribution in [0.2, 0.25) is 0 Å². The molecule has 0 aliphatic carbocycles. The van der Waals surface area contributed by atoms with Crippen molar-refractivity contribution in [1.82, 2.24) is 0 Å². The molecule has 22 heavy (non-hydrogen) atoms. The smallest absolute Gasteiger partial charge is 0.299 e. The molecule has 0 unspecified atom stereocenters. The summed E-state index contributed by atoms with van der Waals surface area (Å²) in [5, 5.41) is 22.0. The van der Waals surface area contributed by atoms with Crippen molar-refractivity contribution >= 4 is 17.1 Å². The summed E-state index contributed by atoms with van der Waals surface area (Å²) in [6, 6.07) is 3.72. The lowest BCUT2D eigenvalue weighted by atomic mass is 10.0. The maximum atomic E-state index is 11.2. The van der Waals surface area contributed by atoms with Gasteiger partial charge in [-0.3, -0.25) is 20.2 Å². The average molecular weight is 309 g/mol. The highest BCUT2D eigenvalue weighted by molar-refractivity contribution is 5.67. The fourth-order valence-corrected chi connectivity index (χ4v) is 2.91. The maximum absolute atomic E-state index is 11.2. The molecule has 0 amide bonds. The van der Waals surface area contributed by atoms with Crippen LogP contribution >= 0.6 is 0 Å². The quantitative estimate of drug-likeness (QED) is 0.619. The van der Waals surface area contributed by atoms with E-state index in [0.29, 0.717) is 44.8 Å². The predicted molar refractivity (Wildman–Crippen MR) is 75.8 cm³/mol. The van der Waals surface area contributed by atoms with E-state index in [2.05, 4.69) is 0 Å². The van der Waals surface area contributed by atoms with E-state index in [0.717, 1.165) is 6.07 Å². The van der Waals surface area contributed by atoms with Crippen molar-refractivity contribution < 1.29 is 19.3 Å². The maximum Gasteiger partial charge on any atom is 0.299 e. The fourth-order valence-electron chi connectivity index (χ4n) is 2.91. The molecule has 2 heterocycles. The fraction of sp³-hybridized carbons (Fsp3) is 0.538. The Balaban J connectivity index is 1.83. The summed E-state index contributed by atoms with van der Waals surface area (Å²) in [4.78, 5) is 22.6. The Morgan fingerprint density at radius 3 is 2.23 bits per heavy atom. The van der Waals surface area contributed by atoms with Crippen molar-refractivity contribution in [2.45, 2.75) is 18.6 Å². The number of nitro benzene ring substituents is 2. The summed E-state index contributed by atoms with van der Waals surface area (Å²) in [5.41, 5.74) is -0.145. The molecule has 1 spiro atoms. The normalized spacial score (nSPS) is 20.3. The molecule has 2 aliphatic heterocycles. The van der Waals surface area contributed by atoms with Crippen LogP contribution in [0.25, 0.3) is 0 Å². The van der Waals surface area contributed by atoms with Crippen LogP contribution in [-0.2, 0) is 9.47 Å². The molecular formula is C13H15N3O6. The Bertz CT molecular complexity index is 604. The van der Waals surface area contributed by atoms with E-state index in [1.54, 1.807) is 0 Å². The second-order valence-corrected chi connectivity index (χ2v) is 5.28. The summed E-state index contributed by atoms with van der Waals surface area (Å²) in [6.45, 7) is 2.21. The lowest BCUT2D eigenvalue weighted by molar-refractivity contribution is -0.393. The molecule has 0 atom stereocenters. The van der Waals surface area contributed by atoms with Crippen molar-refractivity contribution in [3.05, 3.63) is 38.4 Å². The molecule has 9 nitrogen and oxygen atoms in total. The highest BCUT2D eigenvalue weighted by Crippen LogP contribution is 2.37. The largest absolute Gasteiger partial charge is 0.366 e. The van der Waals surface area contributed by atoms with Gasteiger partial charge in [-0.1, -0.05) is 0 Å². The van der Waals surface area contributed by atoms with Crippen molar-refractivity contribution in [2.24, 2.45) is 0 Å². The molecule has 0 radical (unpaired) electrons. The van der Waals surface area contributed by atoms with E-state index in [1.165, 1.54) is 12.1 Å². The third kappa shape index (κ3) is 2.60. The molecule has 118 valence electrons. The van der Waals surface area contributed by atoms with Gasteiger partial charge in [0.1, 0.15) is 5.69 Å². The van der Waals surface area contributed by atoms with E-state index in [-0.39, 0.29) is 11.4 Å². The van der Waals surface area contributed by atoms with E-state index < -0.39 is 15.6 Å². The van der Waals surface area contributed by atoms with Gasteiger partial charge in [0.05, 0.1) is 29.1 Å². The molecule has 2 fully saturated rings. The zero-order chi connectivity index (χ0) is 15.7. The van der Waals surface area contributed by atoms with Crippen LogP contribution in [0.1, 0.15) is 12.8 Å². The summed E-state index contributed by atoms with van der Waals surface area (Å²) in [5.74, 6) is -0.563. The molecule has 1 aromatic rings. The summed E-state index contributed by atoms with van der Waals surface area (Å²) in [7, 11) is 0. The highest BCUT2D eigenvalue weighted by atomic mass is 16.7. The van der Waals surface area contributed by atoms with E-state index in [9.17, 15) is 20.2 Å². The van der Waals surface area contributed by atoms with Crippen LogP contribution in [0.15, 0.2) is 18.2 Å². The summed E-state index contributed by atoms with van der Waals surface area (Å²) >= 11 is 0. The van der Waals surface area contributed by atoms with Crippen LogP contribution in [0.4, 0.5) is 17.1 Å². The SMILES string of the molecule is O=[N+]([O-])c1ccc(N2CCC3(CC2)OCCO3)c([N+](=O)[O-])c1. The first-order valence-corrected chi connectivity index (χ1v) is 6.96. The Morgan fingerprint density at radius 1 is 1.05 bits per heavy atom. The number of nitrogens with zero attached hydrogens (tertiary/aromatic N) is 3. The Labute approximate surface area is 125 Å². The zero-order valence-corrected chi connectivity index (χ0v) is 11.8. The number of non-ortho nitro benzene ring substituents is 1. The lowest BCUT2D eigenvalue weighted by Crippen LogP contribution is -2.45. The first-order valence-electron chi connectivity index (χ1n) is 6.96. The Morgan fingerprint density at radius 2 is 1.68 bits per heavy atom. The van der Waals surface area contributed by atoms with Gasteiger partial charge in [0.15, 0.2) is 5.79 Å². The molecule has 1 aromatic carbocycles. The molecular weight excluding hydrogens is 294 g/mol. The molecule has 0 saturated carbocycles. The van der Waals surface area contributed by atoms with Crippen LogP contribution in [0, 0.1) is 20.2 Å². The van der Waals surface area contributed by atoms with Crippen LogP contribution < -0.4 is 4.90 Å². The Kier molecular flexibility index (Phi) is 3.67. The van der Waals surface area contributed by atoms with Gasteiger partial charge in [0, 0.05) is 32.0 Å². The minimum absolute atomic E-state index is 0.251. The molecule has 0 N–H and O–H groups in total. The number of anilines is 1. The zero-order valence-electron chi connectivity index (χ0n) is 11.8. The number of piperidine rings is 1. The highest BCUT2D eigenvalue weighted by Gasteiger charge is 2.40. The van der Waals surface area contributed by atoms with Gasteiger partial charge >= 0.3 is 0 Å². The van der Waals surface area contributed by atoms with Crippen molar-refractivity contribution in [2.75, 3.05) is 31.2 Å². The van der Waals surface area contributed by atoms with Gasteiger partial charge < -0.3 is 14.4 Å². The topological polar surface area (TPSA) is 108 Å². The minimum atomic E-state index is -0.637. The monoisotopic (exact) mass is 309 g/mol. The number of hydrogen-bond acceptors (Lipinski definition) is 7. The van der Waals surface area contributed by atoms with Crippen LogP contribution in [0.5, 0.6) is 0 Å². The molecule has 0 aromatic heterocycles. The van der Waals surface area contributed by atoms with Crippen LogP contribution in [0.3, 0.4) is 0 Å². The number of rotatable bonds is 3. The first-order chi connectivity index (χ1) is 10.5. The minimum Gasteiger partial charge on any atom is -0.366 e. The van der Waals surface area contributed by atoms with Crippen molar-refractivity contribution in [1.29, 1.82) is 0 Å². The third-order valence-corrected chi connectivity index (χ3v) is 4.05. The molecule has 9 heteroatoms. The summed E-state index contributed by atoms with van der Waals surface area (Å²) < 4.78 is 11.2. The van der Waals surface area contributed by atoms with E-state index in [1.807, 2.05) is 4.90 Å². The second-order valence-electron chi connectivity index (χ2n) is 5.28. The van der Waals surface area contributed by atoms with Gasteiger partial charge in [-0.25, -0.2) is 0 Å². The third-order valence-electron chi connectivity index (χ3n) is 4.05. The van der Waals surface area contributed by atoms with E-state index >= 15 is 0 Å².